The highest BCUT2D eigenvalue weighted by molar-refractivity contribution is 7.92. The fourth-order valence-corrected chi connectivity index (χ4v) is 5.32. The molecule has 0 bridgehead atoms. The molecule has 29 heavy (non-hydrogen) atoms. The molecule has 4 rings (SSSR count). The summed E-state index contributed by atoms with van der Waals surface area (Å²) < 4.78 is 28.3. The molecular formula is C20H20Cl2N4O2S. The molecule has 2 aromatic carbocycles. The van der Waals surface area contributed by atoms with Crippen molar-refractivity contribution in [3.8, 4) is 0 Å². The van der Waals surface area contributed by atoms with Crippen molar-refractivity contribution >= 4 is 55.5 Å². The minimum atomic E-state index is -3.84. The van der Waals surface area contributed by atoms with Gasteiger partial charge in [0.25, 0.3) is 10.0 Å². The Bertz CT molecular complexity index is 1150. The van der Waals surface area contributed by atoms with E-state index in [2.05, 4.69) is 26.8 Å². The standard InChI is InChI=1S/C20H20Cl2N4O2S/c1-13-12-23-6-7-26(13)20-4-5-24-19-3-2-16(11-18(19)20)25-29(27,28)17-9-14(21)8-15(22)10-17/h2-5,8-11,13,23,25H,6-7,12H2,1H3. The summed E-state index contributed by atoms with van der Waals surface area (Å²) >= 11 is 11.9. The van der Waals surface area contributed by atoms with Gasteiger partial charge in [-0.1, -0.05) is 23.2 Å². The number of hydrogen-bond donors (Lipinski definition) is 2. The van der Waals surface area contributed by atoms with E-state index in [4.69, 9.17) is 23.2 Å². The van der Waals surface area contributed by atoms with Crippen LogP contribution in [0.25, 0.3) is 10.9 Å². The first kappa shape index (κ1) is 20.2. The molecule has 1 aromatic heterocycles. The van der Waals surface area contributed by atoms with Gasteiger partial charge in [0, 0.05) is 58.7 Å². The van der Waals surface area contributed by atoms with Crippen LogP contribution in [0.2, 0.25) is 10.0 Å². The number of nitrogens with zero attached hydrogens (tertiary/aromatic N) is 2. The Morgan fingerprint density at radius 1 is 1.14 bits per heavy atom. The number of halogens is 2. The first-order valence-electron chi connectivity index (χ1n) is 9.18. The zero-order valence-corrected chi connectivity index (χ0v) is 18.0. The summed E-state index contributed by atoms with van der Waals surface area (Å²) in [6.07, 6.45) is 1.78. The summed E-state index contributed by atoms with van der Waals surface area (Å²) in [5.74, 6) is 0. The maximum atomic E-state index is 12.8. The Hall–Kier alpha value is -2.06. The number of fused-ring (bicyclic) bond motifs is 1. The van der Waals surface area contributed by atoms with E-state index in [0.29, 0.717) is 11.7 Å². The van der Waals surface area contributed by atoms with Crippen molar-refractivity contribution in [2.75, 3.05) is 29.3 Å². The van der Waals surface area contributed by atoms with Crippen LogP contribution in [0.3, 0.4) is 0 Å². The minimum Gasteiger partial charge on any atom is -0.366 e. The van der Waals surface area contributed by atoms with Crippen molar-refractivity contribution in [3.05, 3.63) is 58.7 Å². The molecule has 0 saturated carbocycles. The maximum Gasteiger partial charge on any atom is 0.261 e. The number of pyridine rings is 1. The number of nitrogens with one attached hydrogen (secondary N) is 2. The molecule has 6 nitrogen and oxygen atoms in total. The lowest BCUT2D eigenvalue weighted by Crippen LogP contribution is -2.50. The van der Waals surface area contributed by atoms with E-state index in [1.54, 1.807) is 12.3 Å². The summed E-state index contributed by atoms with van der Waals surface area (Å²) in [6, 6.07) is 11.8. The van der Waals surface area contributed by atoms with Crippen molar-refractivity contribution in [1.29, 1.82) is 0 Å². The summed E-state index contributed by atoms with van der Waals surface area (Å²) in [6.45, 7) is 4.83. The van der Waals surface area contributed by atoms with E-state index in [-0.39, 0.29) is 14.9 Å². The van der Waals surface area contributed by atoms with Gasteiger partial charge in [0.2, 0.25) is 0 Å². The Kier molecular flexibility index (Phi) is 5.57. The van der Waals surface area contributed by atoms with Crippen LogP contribution in [0.1, 0.15) is 6.92 Å². The minimum absolute atomic E-state index is 0.0113. The molecule has 1 fully saturated rings. The van der Waals surface area contributed by atoms with Gasteiger partial charge in [0.15, 0.2) is 0 Å². The fourth-order valence-electron chi connectivity index (χ4n) is 3.54. The number of aromatic nitrogens is 1. The third-order valence-corrected chi connectivity index (χ3v) is 6.73. The summed E-state index contributed by atoms with van der Waals surface area (Å²) in [5, 5.41) is 4.80. The second-order valence-corrected chi connectivity index (χ2v) is 9.57. The molecule has 0 radical (unpaired) electrons. The highest BCUT2D eigenvalue weighted by atomic mass is 35.5. The molecule has 2 N–H and O–H groups in total. The van der Waals surface area contributed by atoms with Gasteiger partial charge < -0.3 is 10.2 Å². The predicted octanol–water partition coefficient (Wildman–Crippen LogP) is 4.14. The van der Waals surface area contributed by atoms with Crippen LogP contribution in [0, 0.1) is 0 Å². The summed E-state index contributed by atoms with van der Waals surface area (Å²) in [4.78, 5) is 6.75. The first-order valence-corrected chi connectivity index (χ1v) is 11.4. The monoisotopic (exact) mass is 450 g/mol. The number of hydrogen-bond acceptors (Lipinski definition) is 5. The smallest absolute Gasteiger partial charge is 0.261 e. The van der Waals surface area contributed by atoms with Crippen molar-refractivity contribution in [3.63, 3.8) is 0 Å². The van der Waals surface area contributed by atoms with Gasteiger partial charge in [-0.05, 0) is 49.4 Å². The molecule has 0 aliphatic carbocycles. The van der Waals surface area contributed by atoms with Gasteiger partial charge in [-0.15, -0.1) is 0 Å². The first-order chi connectivity index (χ1) is 13.8. The van der Waals surface area contributed by atoms with Crippen molar-refractivity contribution in [2.24, 2.45) is 0 Å². The molecular weight excluding hydrogens is 431 g/mol. The zero-order chi connectivity index (χ0) is 20.6. The van der Waals surface area contributed by atoms with Gasteiger partial charge >= 0.3 is 0 Å². The highest BCUT2D eigenvalue weighted by Crippen LogP contribution is 2.31. The van der Waals surface area contributed by atoms with Crippen LogP contribution >= 0.6 is 23.2 Å². The molecule has 1 aliphatic rings. The number of sulfonamides is 1. The van der Waals surface area contributed by atoms with Gasteiger partial charge in [0.05, 0.1) is 10.4 Å². The Morgan fingerprint density at radius 2 is 1.90 bits per heavy atom. The van der Waals surface area contributed by atoms with Crippen molar-refractivity contribution in [1.82, 2.24) is 10.3 Å². The SMILES string of the molecule is CC1CNCCN1c1ccnc2ccc(NS(=O)(=O)c3cc(Cl)cc(Cl)c3)cc12. The largest absolute Gasteiger partial charge is 0.366 e. The molecule has 3 aromatic rings. The van der Waals surface area contributed by atoms with E-state index in [0.717, 1.165) is 36.2 Å². The van der Waals surface area contributed by atoms with Crippen LogP contribution in [-0.4, -0.2) is 39.1 Å². The van der Waals surface area contributed by atoms with E-state index in [9.17, 15) is 8.42 Å². The Labute approximate surface area is 179 Å². The molecule has 1 saturated heterocycles. The molecule has 0 amide bonds. The van der Waals surface area contributed by atoms with Crippen LogP contribution in [-0.2, 0) is 10.0 Å². The zero-order valence-electron chi connectivity index (χ0n) is 15.7. The van der Waals surface area contributed by atoms with Crippen molar-refractivity contribution in [2.45, 2.75) is 17.9 Å². The van der Waals surface area contributed by atoms with Gasteiger partial charge in [-0.2, -0.15) is 0 Å². The number of anilines is 2. The van der Waals surface area contributed by atoms with E-state index < -0.39 is 10.0 Å². The van der Waals surface area contributed by atoms with Gasteiger partial charge in [-0.3, -0.25) is 9.71 Å². The molecule has 1 atom stereocenters. The Balaban J connectivity index is 1.72. The highest BCUT2D eigenvalue weighted by Gasteiger charge is 2.21. The van der Waals surface area contributed by atoms with E-state index >= 15 is 0 Å². The lowest BCUT2D eigenvalue weighted by atomic mass is 10.1. The second kappa shape index (κ2) is 7.99. The molecule has 1 aliphatic heterocycles. The normalized spacial score (nSPS) is 17.5. The summed E-state index contributed by atoms with van der Waals surface area (Å²) in [7, 11) is -3.84. The average Bonchev–Trinajstić information content (AvgIpc) is 2.67. The average molecular weight is 451 g/mol. The van der Waals surface area contributed by atoms with Crippen LogP contribution in [0.4, 0.5) is 11.4 Å². The maximum absolute atomic E-state index is 12.8. The topological polar surface area (TPSA) is 74.3 Å². The van der Waals surface area contributed by atoms with Crippen LogP contribution in [0.5, 0.6) is 0 Å². The number of rotatable bonds is 4. The van der Waals surface area contributed by atoms with Crippen LogP contribution < -0.4 is 14.9 Å². The molecule has 9 heteroatoms. The second-order valence-electron chi connectivity index (χ2n) is 7.02. The number of piperazine rings is 1. The predicted molar refractivity (Wildman–Crippen MR) is 119 cm³/mol. The molecule has 1 unspecified atom stereocenters. The number of benzene rings is 2. The summed E-state index contributed by atoms with van der Waals surface area (Å²) in [5.41, 5.74) is 2.29. The van der Waals surface area contributed by atoms with Gasteiger partial charge in [0.1, 0.15) is 0 Å². The fraction of sp³-hybridized carbons (Fsp3) is 0.250. The van der Waals surface area contributed by atoms with Crippen LogP contribution in [0.15, 0.2) is 53.6 Å². The van der Waals surface area contributed by atoms with E-state index in [1.807, 2.05) is 18.2 Å². The van der Waals surface area contributed by atoms with Gasteiger partial charge in [-0.25, -0.2) is 8.42 Å². The molecule has 2 heterocycles. The Morgan fingerprint density at radius 3 is 2.62 bits per heavy atom. The molecule has 152 valence electrons. The quantitative estimate of drug-likeness (QED) is 0.624. The third-order valence-electron chi connectivity index (χ3n) is 4.93. The molecule has 0 spiro atoms. The van der Waals surface area contributed by atoms with Crippen molar-refractivity contribution < 1.29 is 8.42 Å². The lowest BCUT2D eigenvalue weighted by molar-refractivity contribution is 0.502. The lowest BCUT2D eigenvalue weighted by Gasteiger charge is -2.36. The van der Waals surface area contributed by atoms with E-state index in [1.165, 1.54) is 18.2 Å². The third kappa shape index (κ3) is 4.28.